The van der Waals surface area contributed by atoms with Gasteiger partial charge in [-0.1, -0.05) is 6.07 Å². The molecule has 1 aliphatic rings. The Kier molecular flexibility index (Phi) is 4.48. The maximum Gasteiger partial charge on any atom is 0.271 e. The minimum absolute atomic E-state index is 0.0274. The quantitative estimate of drug-likeness (QED) is 0.663. The third-order valence-corrected chi connectivity index (χ3v) is 3.63. The molecule has 0 spiro atoms. The van der Waals surface area contributed by atoms with Crippen LogP contribution in [-0.2, 0) is 9.59 Å². The highest BCUT2D eigenvalue weighted by Crippen LogP contribution is 2.35. The van der Waals surface area contributed by atoms with Crippen molar-refractivity contribution >= 4 is 28.9 Å². The summed E-state index contributed by atoms with van der Waals surface area (Å²) in [6.45, 7) is -0.962. The highest BCUT2D eigenvalue weighted by molar-refractivity contribution is 6.05. The number of halogens is 2. The number of carbonyl (C=O) groups is 2. The summed E-state index contributed by atoms with van der Waals surface area (Å²) in [5.74, 6) is -3.26. The molecule has 3 rings (SSSR count). The van der Waals surface area contributed by atoms with Crippen molar-refractivity contribution in [1.29, 1.82) is 0 Å². The number of amides is 2. The number of benzene rings is 2. The summed E-state index contributed by atoms with van der Waals surface area (Å²) in [4.78, 5) is 35.4. The van der Waals surface area contributed by atoms with Crippen LogP contribution < -0.4 is 15.0 Å². The van der Waals surface area contributed by atoms with Crippen LogP contribution >= 0.6 is 0 Å². The SMILES string of the molecule is O=C(CN1C(=O)COc2ccc([N+](=O)[O-])cc21)Nc1c(F)cccc1F. The van der Waals surface area contributed by atoms with Crippen LogP contribution in [0.1, 0.15) is 0 Å². The fourth-order valence-electron chi connectivity index (χ4n) is 2.42. The Morgan fingerprint density at radius 1 is 1.27 bits per heavy atom. The Bertz CT molecular complexity index is 899. The van der Waals surface area contributed by atoms with Gasteiger partial charge in [0.15, 0.2) is 6.61 Å². The predicted octanol–water partition coefficient (Wildman–Crippen LogP) is 2.24. The molecular weight excluding hydrogens is 352 g/mol. The maximum absolute atomic E-state index is 13.6. The first-order chi connectivity index (χ1) is 12.4. The van der Waals surface area contributed by atoms with Crippen LogP contribution in [0.5, 0.6) is 5.75 Å². The Labute approximate surface area is 145 Å². The molecule has 0 saturated heterocycles. The molecule has 0 bridgehead atoms. The topological polar surface area (TPSA) is 102 Å². The van der Waals surface area contributed by atoms with E-state index >= 15 is 0 Å². The molecule has 2 aromatic carbocycles. The lowest BCUT2D eigenvalue weighted by atomic mass is 10.2. The lowest BCUT2D eigenvalue weighted by molar-refractivity contribution is -0.384. The van der Waals surface area contributed by atoms with Gasteiger partial charge in [0.25, 0.3) is 11.6 Å². The number of nitrogens with zero attached hydrogens (tertiary/aromatic N) is 2. The van der Waals surface area contributed by atoms with E-state index in [-0.39, 0.29) is 23.7 Å². The number of para-hydroxylation sites is 1. The van der Waals surface area contributed by atoms with Gasteiger partial charge in [-0.25, -0.2) is 8.78 Å². The molecule has 1 heterocycles. The zero-order valence-electron chi connectivity index (χ0n) is 13.1. The molecule has 0 saturated carbocycles. The molecule has 2 amide bonds. The number of fused-ring (bicyclic) bond motifs is 1. The van der Waals surface area contributed by atoms with Gasteiger partial charge in [-0.05, 0) is 18.2 Å². The third-order valence-electron chi connectivity index (χ3n) is 3.63. The van der Waals surface area contributed by atoms with E-state index < -0.39 is 40.6 Å². The Morgan fingerprint density at radius 3 is 2.62 bits per heavy atom. The van der Waals surface area contributed by atoms with Crippen molar-refractivity contribution in [2.45, 2.75) is 0 Å². The van der Waals surface area contributed by atoms with Gasteiger partial charge < -0.3 is 10.1 Å². The zero-order valence-corrected chi connectivity index (χ0v) is 13.1. The van der Waals surface area contributed by atoms with E-state index in [9.17, 15) is 28.5 Å². The molecule has 134 valence electrons. The van der Waals surface area contributed by atoms with Crippen molar-refractivity contribution in [3.8, 4) is 5.75 Å². The van der Waals surface area contributed by atoms with Crippen molar-refractivity contribution in [1.82, 2.24) is 0 Å². The van der Waals surface area contributed by atoms with E-state index in [1.54, 1.807) is 0 Å². The molecule has 26 heavy (non-hydrogen) atoms. The van der Waals surface area contributed by atoms with Crippen LogP contribution in [-0.4, -0.2) is 29.9 Å². The minimum Gasteiger partial charge on any atom is -0.482 e. The summed E-state index contributed by atoms with van der Waals surface area (Å²) in [5, 5.41) is 13.0. The van der Waals surface area contributed by atoms with E-state index in [0.29, 0.717) is 0 Å². The normalized spacial score (nSPS) is 13.0. The highest BCUT2D eigenvalue weighted by atomic mass is 19.1. The number of hydrogen-bond donors (Lipinski definition) is 1. The summed E-state index contributed by atoms with van der Waals surface area (Å²) in [5.41, 5.74) is -0.912. The number of rotatable bonds is 4. The lowest BCUT2D eigenvalue weighted by Gasteiger charge is -2.28. The molecule has 1 N–H and O–H groups in total. The van der Waals surface area contributed by atoms with Crippen LogP contribution in [0.2, 0.25) is 0 Å². The van der Waals surface area contributed by atoms with Crippen molar-refractivity contribution in [2.75, 3.05) is 23.4 Å². The first kappa shape index (κ1) is 17.3. The minimum atomic E-state index is -0.970. The average Bonchev–Trinajstić information content (AvgIpc) is 2.60. The molecule has 0 unspecified atom stereocenters. The Balaban J connectivity index is 1.85. The summed E-state index contributed by atoms with van der Waals surface area (Å²) < 4.78 is 32.4. The summed E-state index contributed by atoms with van der Waals surface area (Å²) in [6.07, 6.45) is 0. The smallest absolute Gasteiger partial charge is 0.271 e. The number of anilines is 2. The van der Waals surface area contributed by atoms with Crippen LogP contribution in [0.3, 0.4) is 0 Å². The van der Waals surface area contributed by atoms with Crippen LogP contribution in [0.25, 0.3) is 0 Å². The molecule has 0 aliphatic carbocycles. The zero-order chi connectivity index (χ0) is 18.8. The largest absolute Gasteiger partial charge is 0.482 e. The fraction of sp³-hybridized carbons (Fsp3) is 0.125. The molecule has 2 aromatic rings. The third kappa shape index (κ3) is 3.29. The standard InChI is InChI=1S/C16H11F2N3O5/c17-10-2-1-3-11(18)16(10)19-14(22)7-20-12-6-9(21(24)25)4-5-13(12)26-8-15(20)23/h1-6H,7-8H2,(H,19,22). The lowest BCUT2D eigenvalue weighted by Crippen LogP contribution is -2.43. The maximum atomic E-state index is 13.6. The van der Waals surface area contributed by atoms with Gasteiger partial charge in [-0.3, -0.25) is 24.6 Å². The molecule has 1 aliphatic heterocycles. The average molecular weight is 363 g/mol. The Hall–Kier alpha value is -3.56. The number of non-ortho nitro benzene ring substituents is 1. The second-order valence-corrected chi connectivity index (χ2v) is 5.32. The van der Waals surface area contributed by atoms with Gasteiger partial charge in [0.1, 0.15) is 29.6 Å². The second-order valence-electron chi connectivity index (χ2n) is 5.32. The first-order valence-corrected chi connectivity index (χ1v) is 7.32. The Morgan fingerprint density at radius 2 is 1.96 bits per heavy atom. The predicted molar refractivity (Wildman–Crippen MR) is 85.9 cm³/mol. The molecular formula is C16H11F2N3O5. The fourth-order valence-corrected chi connectivity index (χ4v) is 2.42. The van der Waals surface area contributed by atoms with E-state index in [0.717, 1.165) is 29.2 Å². The number of ether oxygens (including phenoxy) is 1. The summed E-state index contributed by atoms with van der Waals surface area (Å²) in [7, 11) is 0. The molecule has 0 fully saturated rings. The summed E-state index contributed by atoms with van der Waals surface area (Å²) >= 11 is 0. The summed E-state index contributed by atoms with van der Waals surface area (Å²) in [6, 6.07) is 6.67. The highest BCUT2D eigenvalue weighted by Gasteiger charge is 2.29. The van der Waals surface area contributed by atoms with Crippen molar-refractivity contribution in [2.24, 2.45) is 0 Å². The molecule has 0 aromatic heterocycles. The van der Waals surface area contributed by atoms with E-state index in [2.05, 4.69) is 5.32 Å². The van der Waals surface area contributed by atoms with Crippen molar-refractivity contribution in [3.63, 3.8) is 0 Å². The van der Waals surface area contributed by atoms with Gasteiger partial charge in [-0.15, -0.1) is 0 Å². The van der Waals surface area contributed by atoms with Gasteiger partial charge in [0, 0.05) is 12.1 Å². The van der Waals surface area contributed by atoms with Gasteiger partial charge in [0.2, 0.25) is 5.91 Å². The first-order valence-electron chi connectivity index (χ1n) is 7.32. The number of nitro groups is 1. The second kappa shape index (κ2) is 6.75. The molecule has 0 atom stereocenters. The van der Waals surface area contributed by atoms with E-state index in [1.807, 2.05) is 0 Å². The van der Waals surface area contributed by atoms with Crippen molar-refractivity contribution in [3.05, 3.63) is 58.1 Å². The van der Waals surface area contributed by atoms with Crippen LogP contribution in [0, 0.1) is 21.7 Å². The van der Waals surface area contributed by atoms with Gasteiger partial charge in [0.05, 0.1) is 10.6 Å². The number of hydrogen-bond acceptors (Lipinski definition) is 5. The molecule has 10 heteroatoms. The van der Waals surface area contributed by atoms with Crippen LogP contribution in [0.4, 0.5) is 25.8 Å². The molecule has 0 radical (unpaired) electrons. The van der Waals surface area contributed by atoms with Crippen molar-refractivity contribution < 1.29 is 28.0 Å². The molecule has 8 nitrogen and oxygen atoms in total. The number of carbonyl (C=O) groups excluding carboxylic acids is 2. The van der Waals surface area contributed by atoms with Gasteiger partial charge in [-0.2, -0.15) is 0 Å². The van der Waals surface area contributed by atoms with Crippen LogP contribution in [0.15, 0.2) is 36.4 Å². The van der Waals surface area contributed by atoms with E-state index in [4.69, 9.17) is 4.74 Å². The van der Waals surface area contributed by atoms with Gasteiger partial charge >= 0.3 is 0 Å². The monoisotopic (exact) mass is 363 g/mol. The number of nitrogens with one attached hydrogen (secondary N) is 1. The van der Waals surface area contributed by atoms with E-state index in [1.165, 1.54) is 12.1 Å². The number of nitro benzene ring substituents is 1.